The van der Waals surface area contributed by atoms with Gasteiger partial charge in [-0.2, -0.15) is 11.8 Å². The summed E-state index contributed by atoms with van der Waals surface area (Å²) in [7, 11) is 1.70. The number of benzene rings is 1. The zero-order valence-corrected chi connectivity index (χ0v) is 13.3. The van der Waals surface area contributed by atoms with Crippen molar-refractivity contribution in [1.29, 1.82) is 0 Å². The molecule has 1 N–H and O–H groups in total. The molecular weight excluding hydrogens is 288 g/mol. The first kappa shape index (κ1) is 15.7. The van der Waals surface area contributed by atoms with Crippen LogP contribution in [0.3, 0.4) is 0 Å². The van der Waals surface area contributed by atoms with Gasteiger partial charge in [0.05, 0.1) is 0 Å². The van der Waals surface area contributed by atoms with Crippen LogP contribution < -0.4 is 4.90 Å². The third kappa shape index (κ3) is 3.32. The molecule has 1 aliphatic rings. The van der Waals surface area contributed by atoms with Crippen molar-refractivity contribution in [2.24, 2.45) is 0 Å². The summed E-state index contributed by atoms with van der Waals surface area (Å²) >= 11 is 1.57. The van der Waals surface area contributed by atoms with Crippen molar-refractivity contribution in [3.63, 3.8) is 0 Å². The van der Waals surface area contributed by atoms with E-state index < -0.39 is 12.0 Å². The van der Waals surface area contributed by atoms with E-state index >= 15 is 0 Å². The van der Waals surface area contributed by atoms with E-state index in [9.17, 15) is 14.7 Å². The Morgan fingerprint density at radius 2 is 2.10 bits per heavy atom. The van der Waals surface area contributed by atoms with E-state index in [2.05, 4.69) is 0 Å². The lowest BCUT2D eigenvalue weighted by atomic mass is 10.1. The van der Waals surface area contributed by atoms with E-state index in [1.54, 1.807) is 23.7 Å². The number of amides is 2. The van der Waals surface area contributed by atoms with Crippen molar-refractivity contribution >= 4 is 29.4 Å². The minimum absolute atomic E-state index is 0.255. The summed E-state index contributed by atoms with van der Waals surface area (Å²) in [5.74, 6) is 0.280. The van der Waals surface area contributed by atoms with Crippen molar-refractivity contribution < 1.29 is 14.7 Å². The minimum Gasteiger partial charge on any atom is -0.480 e. The monoisotopic (exact) mass is 308 g/mol. The maximum absolute atomic E-state index is 12.6. The normalized spacial score (nSPS) is 18.4. The number of carboxylic acid groups (broad SMARTS) is 1. The quantitative estimate of drug-likeness (QED) is 0.911. The number of hydrogen-bond acceptors (Lipinski definition) is 3. The van der Waals surface area contributed by atoms with E-state index in [0.717, 1.165) is 22.6 Å². The Bertz CT molecular complexity index is 562. The fourth-order valence-electron chi connectivity index (χ4n) is 2.51. The van der Waals surface area contributed by atoms with Gasteiger partial charge in [0.15, 0.2) is 0 Å². The van der Waals surface area contributed by atoms with Gasteiger partial charge in [-0.1, -0.05) is 17.7 Å². The standard InChI is InChI=1S/C15H20N2O3S/c1-10-4-5-12(11(2)8-10)16(3)15(20)17-6-7-21-9-13(17)14(18)19/h4-5,8,13H,6-7,9H2,1-3H3,(H,18,19). The molecule has 1 fully saturated rings. The molecule has 5 nitrogen and oxygen atoms in total. The second-order valence-corrected chi connectivity index (χ2v) is 6.40. The summed E-state index contributed by atoms with van der Waals surface area (Å²) < 4.78 is 0. The highest BCUT2D eigenvalue weighted by molar-refractivity contribution is 7.99. The van der Waals surface area contributed by atoms with Crippen molar-refractivity contribution in [2.45, 2.75) is 19.9 Å². The van der Waals surface area contributed by atoms with Gasteiger partial charge >= 0.3 is 12.0 Å². The van der Waals surface area contributed by atoms with Crippen LogP contribution in [-0.2, 0) is 4.79 Å². The van der Waals surface area contributed by atoms with Crippen molar-refractivity contribution in [2.75, 3.05) is 30.0 Å². The van der Waals surface area contributed by atoms with Gasteiger partial charge in [0.2, 0.25) is 0 Å². The fourth-order valence-corrected chi connectivity index (χ4v) is 3.55. The van der Waals surface area contributed by atoms with Crippen LogP contribution in [-0.4, -0.2) is 53.1 Å². The molecule has 0 aliphatic carbocycles. The highest BCUT2D eigenvalue weighted by atomic mass is 32.2. The Labute approximate surface area is 128 Å². The lowest BCUT2D eigenvalue weighted by Crippen LogP contribution is -2.54. The number of aliphatic carboxylic acids is 1. The number of carbonyl (C=O) groups excluding carboxylic acids is 1. The van der Waals surface area contributed by atoms with Crippen LogP contribution >= 0.6 is 11.8 Å². The highest BCUT2D eigenvalue weighted by Crippen LogP contribution is 2.24. The number of carbonyl (C=O) groups is 2. The molecule has 1 atom stereocenters. The zero-order valence-electron chi connectivity index (χ0n) is 12.5. The van der Waals surface area contributed by atoms with E-state index in [0.29, 0.717) is 12.3 Å². The second-order valence-electron chi connectivity index (χ2n) is 5.25. The maximum atomic E-state index is 12.6. The van der Waals surface area contributed by atoms with Crippen LogP contribution in [0.5, 0.6) is 0 Å². The predicted octanol–water partition coefficient (Wildman–Crippen LogP) is 2.36. The Hall–Kier alpha value is -1.69. The third-order valence-electron chi connectivity index (χ3n) is 3.66. The summed E-state index contributed by atoms with van der Waals surface area (Å²) in [6.07, 6.45) is 0. The van der Waals surface area contributed by atoms with Crippen molar-refractivity contribution in [3.05, 3.63) is 29.3 Å². The molecule has 2 rings (SSSR count). The molecule has 0 saturated carbocycles. The van der Waals surface area contributed by atoms with Gasteiger partial charge in [-0.3, -0.25) is 4.90 Å². The van der Waals surface area contributed by atoms with Gasteiger partial charge < -0.3 is 10.0 Å². The summed E-state index contributed by atoms with van der Waals surface area (Å²) in [4.78, 5) is 26.9. The summed E-state index contributed by atoms with van der Waals surface area (Å²) in [6, 6.07) is 4.86. The average Bonchev–Trinajstić information content (AvgIpc) is 2.45. The lowest BCUT2D eigenvalue weighted by Gasteiger charge is -2.35. The molecule has 2 amide bonds. The molecule has 1 aliphatic heterocycles. The smallest absolute Gasteiger partial charge is 0.327 e. The molecular formula is C15H20N2O3S. The highest BCUT2D eigenvalue weighted by Gasteiger charge is 2.34. The van der Waals surface area contributed by atoms with E-state index in [4.69, 9.17) is 0 Å². The first-order valence-electron chi connectivity index (χ1n) is 6.84. The van der Waals surface area contributed by atoms with Crippen LogP contribution in [0.2, 0.25) is 0 Å². The summed E-state index contributed by atoms with van der Waals surface area (Å²) in [5.41, 5.74) is 2.95. The fraction of sp³-hybridized carbons (Fsp3) is 0.467. The van der Waals surface area contributed by atoms with E-state index in [-0.39, 0.29) is 6.03 Å². The van der Waals surface area contributed by atoms with Crippen LogP contribution in [0.25, 0.3) is 0 Å². The van der Waals surface area contributed by atoms with Gasteiger partial charge in [0.1, 0.15) is 6.04 Å². The summed E-state index contributed by atoms with van der Waals surface area (Å²) in [5, 5.41) is 9.28. The van der Waals surface area contributed by atoms with Gasteiger partial charge in [-0.05, 0) is 25.5 Å². The Kier molecular flexibility index (Phi) is 4.77. The Morgan fingerprint density at radius 1 is 1.38 bits per heavy atom. The topological polar surface area (TPSA) is 60.9 Å². The van der Waals surface area contributed by atoms with Crippen LogP contribution in [0.4, 0.5) is 10.5 Å². The maximum Gasteiger partial charge on any atom is 0.327 e. The van der Waals surface area contributed by atoms with Gasteiger partial charge in [0.25, 0.3) is 0 Å². The number of urea groups is 1. The summed E-state index contributed by atoms with van der Waals surface area (Å²) in [6.45, 7) is 4.42. The molecule has 1 saturated heterocycles. The SMILES string of the molecule is Cc1ccc(N(C)C(=O)N2CCSCC2C(=O)O)c(C)c1. The largest absolute Gasteiger partial charge is 0.480 e. The van der Waals surface area contributed by atoms with Crippen LogP contribution in [0.1, 0.15) is 11.1 Å². The third-order valence-corrected chi connectivity index (χ3v) is 4.68. The minimum atomic E-state index is -0.940. The molecule has 6 heteroatoms. The number of thioether (sulfide) groups is 1. The average molecular weight is 308 g/mol. The van der Waals surface area contributed by atoms with Gasteiger partial charge in [-0.15, -0.1) is 0 Å². The molecule has 114 valence electrons. The predicted molar refractivity (Wildman–Crippen MR) is 85.2 cm³/mol. The lowest BCUT2D eigenvalue weighted by molar-refractivity contribution is -0.141. The molecule has 21 heavy (non-hydrogen) atoms. The first-order chi connectivity index (χ1) is 9.91. The number of aryl methyl sites for hydroxylation is 2. The molecule has 0 aromatic heterocycles. The van der Waals surface area contributed by atoms with Gasteiger partial charge in [-0.25, -0.2) is 9.59 Å². The van der Waals surface area contributed by atoms with Crippen molar-refractivity contribution in [3.8, 4) is 0 Å². The molecule has 1 unspecified atom stereocenters. The molecule has 1 aromatic carbocycles. The number of anilines is 1. The number of rotatable bonds is 2. The first-order valence-corrected chi connectivity index (χ1v) is 7.99. The molecule has 0 bridgehead atoms. The number of hydrogen-bond donors (Lipinski definition) is 1. The zero-order chi connectivity index (χ0) is 15.6. The van der Waals surface area contributed by atoms with E-state index in [1.165, 1.54) is 4.90 Å². The van der Waals surface area contributed by atoms with E-state index in [1.807, 2.05) is 32.0 Å². The van der Waals surface area contributed by atoms with Crippen LogP contribution in [0.15, 0.2) is 18.2 Å². The number of nitrogens with zero attached hydrogens (tertiary/aromatic N) is 2. The van der Waals surface area contributed by atoms with Crippen molar-refractivity contribution in [1.82, 2.24) is 4.90 Å². The second kappa shape index (κ2) is 6.39. The molecule has 0 spiro atoms. The van der Waals surface area contributed by atoms with Crippen LogP contribution in [0, 0.1) is 13.8 Å². The number of carboxylic acids is 1. The Balaban J connectivity index is 2.23. The van der Waals surface area contributed by atoms with Gasteiger partial charge in [0, 0.05) is 30.8 Å². The molecule has 1 heterocycles. The molecule has 1 aromatic rings. The molecule has 0 radical (unpaired) electrons. The Morgan fingerprint density at radius 3 is 2.71 bits per heavy atom.